The van der Waals surface area contributed by atoms with Crippen LogP contribution >= 0.6 is 0 Å². The predicted molar refractivity (Wildman–Crippen MR) is 130 cm³/mol. The maximum Gasteiger partial charge on any atom is 0.231 e. The minimum Gasteiger partial charge on any atom is -0.493 e. The van der Waals surface area contributed by atoms with E-state index in [-0.39, 0.29) is 25.0 Å². The number of pyridine rings is 1. The summed E-state index contributed by atoms with van der Waals surface area (Å²) in [4.78, 5) is 17.6. The monoisotopic (exact) mass is 473 g/mol. The molecule has 0 bridgehead atoms. The van der Waals surface area contributed by atoms with Crippen LogP contribution in [0.25, 0.3) is 5.65 Å². The number of nitrogens with zero attached hydrogens (tertiary/aromatic N) is 2. The second kappa shape index (κ2) is 9.97. The minimum atomic E-state index is -0.206. The number of ether oxygens (including phenoxy) is 4. The van der Waals surface area contributed by atoms with Gasteiger partial charge < -0.3 is 28.7 Å². The van der Waals surface area contributed by atoms with Crippen molar-refractivity contribution in [2.24, 2.45) is 0 Å². The molecule has 1 unspecified atom stereocenters. The Labute approximate surface area is 203 Å². The van der Waals surface area contributed by atoms with Gasteiger partial charge in [0.2, 0.25) is 12.7 Å². The van der Waals surface area contributed by atoms with Gasteiger partial charge in [-0.3, -0.25) is 4.79 Å². The van der Waals surface area contributed by atoms with Gasteiger partial charge in [0.05, 0.1) is 19.9 Å². The molecule has 1 atom stereocenters. The average Bonchev–Trinajstić information content (AvgIpc) is 3.54. The van der Waals surface area contributed by atoms with Crippen LogP contribution in [0.15, 0.2) is 67.0 Å². The van der Waals surface area contributed by atoms with Crippen molar-refractivity contribution < 1.29 is 23.7 Å². The fourth-order valence-electron chi connectivity index (χ4n) is 4.37. The predicted octanol–water partition coefficient (Wildman–Crippen LogP) is 3.96. The Bertz CT molecular complexity index is 1350. The summed E-state index contributed by atoms with van der Waals surface area (Å²) in [5.74, 6) is 2.51. The number of amides is 1. The Balaban J connectivity index is 1.33. The number of hydrogen-bond donors (Lipinski definition) is 1. The van der Waals surface area contributed by atoms with Crippen LogP contribution in [-0.2, 0) is 11.2 Å². The van der Waals surface area contributed by atoms with Crippen molar-refractivity contribution in [3.05, 3.63) is 83.8 Å². The molecule has 180 valence electrons. The molecule has 0 fully saturated rings. The van der Waals surface area contributed by atoms with E-state index in [0.29, 0.717) is 36.0 Å². The number of hydrogen-bond acceptors (Lipinski definition) is 6. The molecule has 0 aliphatic carbocycles. The number of fused-ring (bicyclic) bond motifs is 2. The molecule has 1 amide bonds. The Hall–Kier alpha value is -4.20. The van der Waals surface area contributed by atoms with E-state index in [1.54, 1.807) is 14.2 Å². The highest BCUT2D eigenvalue weighted by molar-refractivity contribution is 5.77. The summed E-state index contributed by atoms with van der Waals surface area (Å²) in [6.07, 6.45) is 4.75. The molecule has 35 heavy (non-hydrogen) atoms. The number of methoxy groups -OCH3 is 2. The average molecular weight is 474 g/mol. The van der Waals surface area contributed by atoms with Gasteiger partial charge in [-0.15, -0.1) is 0 Å². The lowest BCUT2D eigenvalue weighted by Crippen LogP contribution is -2.27. The van der Waals surface area contributed by atoms with Crippen molar-refractivity contribution in [1.29, 1.82) is 0 Å². The molecule has 4 aromatic rings. The van der Waals surface area contributed by atoms with E-state index in [2.05, 4.69) is 10.3 Å². The lowest BCUT2D eigenvalue weighted by molar-refractivity contribution is -0.121. The Morgan fingerprint density at radius 3 is 2.77 bits per heavy atom. The Kier molecular flexibility index (Phi) is 6.43. The molecule has 2 aromatic heterocycles. The highest BCUT2D eigenvalue weighted by Gasteiger charge is 2.24. The van der Waals surface area contributed by atoms with Crippen molar-refractivity contribution in [2.45, 2.75) is 18.8 Å². The van der Waals surface area contributed by atoms with Gasteiger partial charge >= 0.3 is 0 Å². The van der Waals surface area contributed by atoms with Crippen molar-refractivity contribution in [2.75, 3.05) is 27.6 Å². The second-order valence-corrected chi connectivity index (χ2v) is 8.27. The van der Waals surface area contributed by atoms with Gasteiger partial charge in [0.15, 0.2) is 23.0 Å². The van der Waals surface area contributed by atoms with E-state index < -0.39 is 0 Å². The van der Waals surface area contributed by atoms with E-state index in [0.717, 1.165) is 22.5 Å². The fraction of sp³-hybridized carbons (Fsp3) is 0.259. The standard InChI is InChI=1S/C27H27N3O5/c1-32-22-8-6-18(13-24(22)33-2)10-11-28-27(31)15-20(19-7-9-23-25(14-19)35-17-34-23)21-16-29-26-5-3-4-12-30(21)26/h3-9,12-14,16,20H,10-11,15,17H2,1-2H3,(H,28,31). The van der Waals surface area contributed by atoms with Crippen LogP contribution < -0.4 is 24.3 Å². The SMILES string of the molecule is COc1ccc(CCNC(=O)CC(c2ccc3c(c2)OCO3)c2cnc3ccccn23)cc1OC. The Morgan fingerprint density at radius 1 is 1.06 bits per heavy atom. The molecule has 2 aromatic carbocycles. The van der Waals surface area contributed by atoms with Gasteiger partial charge in [0.1, 0.15) is 5.65 Å². The zero-order valence-electron chi connectivity index (χ0n) is 19.7. The molecule has 3 heterocycles. The topological polar surface area (TPSA) is 83.3 Å². The van der Waals surface area contributed by atoms with Crippen LogP contribution in [0.4, 0.5) is 0 Å². The lowest BCUT2D eigenvalue weighted by Gasteiger charge is -2.18. The highest BCUT2D eigenvalue weighted by Crippen LogP contribution is 2.37. The molecule has 8 heteroatoms. The molecular weight excluding hydrogens is 446 g/mol. The number of rotatable bonds is 9. The first-order valence-electron chi connectivity index (χ1n) is 11.5. The van der Waals surface area contributed by atoms with E-state index >= 15 is 0 Å². The molecule has 0 radical (unpaired) electrons. The molecule has 1 N–H and O–H groups in total. The molecule has 1 aliphatic heterocycles. The van der Waals surface area contributed by atoms with E-state index in [1.165, 1.54) is 0 Å². The van der Waals surface area contributed by atoms with Crippen LogP contribution in [-0.4, -0.2) is 42.8 Å². The maximum atomic E-state index is 13.1. The maximum absolute atomic E-state index is 13.1. The number of nitrogens with one attached hydrogen (secondary N) is 1. The van der Waals surface area contributed by atoms with Gasteiger partial charge in [-0.05, 0) is 53.9 Å². The number of carbonyl (C=O) groups is 1. The smallest absolute Gasteiger partial charge is 0.231 e. The molecular formula is C27H27N3O5. The molecule has 0 saturated carbocycles. The van der Waals surface area contributed by atoms with Gasteiger partial charge in [0.25, 0.3) is 0 Å². The quantitative estimate of drug-likeness (QED) is 0.396. The van der Waals surface area contributed by atoms with Crippen molar-refractivity contribution in [3.8, 4) is 23.0 Å². The van der Waals surface area contributed by atoms with Crippen molar-refractivity contribution >= 4 is 11.6 Å². The van der Waals surface area contributed by atoms with Gasteiger partial charge in [0, 0.05) is 31.3 Å². The molecule has 5 rings (SSSR count). The zero-order chi connectivity index (χ0) is 24.2. The minimum absolute atomic E-state index is 0.0426. The first-order chi connectivity index (χ1) is 17.2. The lowest BCUT2D eigenvalue weighted by atomic mass is 9.92. The van der Waals surface area contributed by atoms with E-state index in [1.807, 2.05) is 71.4 Å². The van der Waals surface area contributed by atoms with Crippen LogP contribution in [0.2, 0.25) is 0 Å². The molecule has 8 nitrogen and oxygen atoms in total. The first-order valence-corrected chi connectivity index (χ1v) is 11.5. The summed E-state index contributed by atoms with van der Waals surface area (Å²) in [7, 11) is 3.22. The molecule has 1 aliphatic rings. The van der Waals surface area contributed by atoms with Gasteiger partial charge in [-0.25, -0.2) is 4.98 Å². The fourth-order valence-corrected chi connectivity index (χ4v) is 4.37. The third-order valence-electron chi connectivity index (χ3n) is 6.17. The van der Waals surface area contributed by atoms with Crippen LogP contribution in [0.1, 0.15) is 29.2 Å². The molecule has 0 spiro atoms. The van der Waals surface area contributed by atoms with E-state index in [9.17, 15) is 4.79 Å². The third-order valence-corrected chi connectivity index (χ3v) is 6.17. The third kappa shape index (κ3) is 4.73. The number of aromatic nitrogens is 2. The summed E-state index contributed by atoms with van der Waals surface area (Å²) in [5.41, 5.74) is 3.80. The zero-order valence-corrected chi connectivity index (χ0v) is 19.7. The highest BCUT2D eigenvalue weighted by atomic mass is 16.7. The molecule has 0 saturated heterocycles. The van der Waals surface area contributed by atoms with Crippen molar-refractivity contribution in [3.63, 3.8) is 0 Å². The normalized spacial score (nSPS) is 13.0. The first kappa shape index (κ1) is 22.6. The Morgan fingerprint density at radius 2 is 1.91 bits per heavy atom. The van der Waals surface area contributed by atoms with Gasteiger partial charge in [-0.2, -0.15) is 0 Å². The largest absolute Gasteiger partial charge is 0.493 e. The second-order valence-electron chi connectivity index (χ2n) is 8.27. The van der Waals surface area contributed by atoms with Crippen LogP contribution in [0, 0.1) is 0 Å². The number of carbonyl (C=O) groups excluding carboxylic acids is 1. The summed E-state index contributed by atoms with van der Waals surface area (Å²) < 4.78 is 23.7. The van der Waals surface area contributed by atoms with Crippen LogP contribution in [0.3, 0.4) is 0 Å². The van der Waals surface area contributed by atoms with Crippen molar-refractivity contribution in [1.82, 2.24) is 14.7 Å². The summed E-state index contributed by atoms with van der Waals surface area (Å²) in [5, 5.41) is 3.06. The summed E-state index contributed by atoms with van der Waals surface area (Å²) >= 11 is 0. The number of imidazole rings is 1. The summed E-state index contributed by atoms with van der Waals surface area (Å²) in [6.45, 7) is 0.713. The van der Waals surface area contributed by atoms with E-state index in [4.69, 9.17) is 18.9 Å². The number of benzene rings is 2. The van der Waals surface area contributed by atoms with Gasteiger partial charge in [-0.1, -0.05) is 18.2 Å². The van der Waals surface area contributed by atoms with Crippen LogP contribution in [0.5, 0.6) is 23.0 Å². The summed E-state index contributed by atoms with van der Waals surface area (Å²) in [6, 6.07) is 17.5.